The van der Waals surface area contributed by atoms with Crippen LogP contribution in [0.3, 0.4) is 0 Å². The van der Waals surface area contributed by atoms with Crippen molar-refractivity contribution in [3.63, 3.8) is 0 Å². The minimum atomic E-state index is 0.291. The van der Waals surface area contributed by atoms with E-state index in [1.165, 1.54) is 65.0 Å². The Morgan fingerprint density at radius 3 is 1.62 bits per heavy atom. The van der Waals surface area contributed by atoms with Gasteiger partial charge in [0, 0.05) is 92.6 Å². The minimum Gasteiger partial charge on any atom is -0.314 e. The van der Waals surface area contributed by atoms with Crippen LogP contribution >= 0.6 is 39.1 Å². The highest BCUT2D eigenvalue weighted by atomic mass is 79.9. The molecular formula is C26H39BrCl2N8. The molecule has 4 fully saturated rings. The number of alkyl halides is 1. The molecule has 0 aliphatic carbocycles. The van der Waals surface area contributed by atoms with Gasteiger partial charge in [0.1, 0.15) is 0 Å². The molecule has 6 rings (SSSR count). The van der Waals surface area contributed by atoms with Gasteiger partial charge in [0.25, 0.3) is 0 Å². The molecule has 11 heteroatoms. The standard InChI is InChI=1S/C13H19ClN4.C8H16N2.C5H4BrClN2/c1-2-18-11-3-4-12(18)9-17(8-11)7-10-5-15-13(14)16-6-10;1-2-10-7-3-4-8(10)6-9-5-7;6-1-4-2-8-5(7)9-3-4/h5-6,11-12H,2-4,7-9H2,1H3;7-9H,2-6H2,1H3;2-3H,1H2. The molecule has 1 N–H and O–H groups in total. The van der Waals surface area contributed by atoms with Gasteiger partial charge in [-0.1, -0.05) is 29.8 Å². The van der Waals surface area contributed by atoms with E-state index in [2.05, 4.69) is 69.7 Å². The quantitative estimate of drug-likeness (QED) is 0.396. The molecule has 0 amide bonds. The zero-order valence-corrected chi connectivity index (χ0v) is 25.0. The van der Waals surface area contributed by atoms with Gasteiger partial charge in [-0.15, -0.1) is 0 Å². The Morgan fingerprint density at radius 2 is 1.19 bits per heavy atom. The van der Waals surface area contributed by atoms with Gasteiger partial charge in [-0.3, -0.25) is 14.7 Å². The fraction of sp³-hybridized carbons (Fsp3) is 0.692. The van der Waals surface area contributed by atoms with Crippen molar-refractivity contribution in [3.05, 3.63) is 46.5 Å². The Morgan fingerprint density at radius 1 is 0.757 bits per heavy atom. The summed E-state index contributed by atoms with van der Waals surface area (Å²) in [6, 6.07) is 3.23. The summed E-state index contributed by atoms with van der Waals surface area (Å²) < 4.78 is 0. The predicted octanol–water partition coefficient (Wildman–Crippen LogP) is 4.27. The number of piperazine rings is 2. The second kappa shape index (κ2) is 14.4. The van der Waals surface area contributed by atoms with Crippen LogP contribution in [0.5, 0.6) is 0 Å². The Bertz CT molecular complexity index is 921. The third-order valence-corrected chi connectivity index (χ3v) is 8.92. The Hall–Kier alpha value is -0.940. The van der Waals surface area contributed by atoms with Crippen LogP contribution in [0.15, 0.2) is 24.8 Å². The number of fused-ring (bicyclic) bond motifs is 4. The van der Waals surface area contributed by atoms with Crippen LogP contribution in [-0.2, 0) is 11.9 Å². The Kier molecular flexibility index (Phi) is 11.3. The average Bonchev–Trinajstić information content (AvgIpc) is 3.31. The largest absolute Gasteiger partial charge is 0.314 e. The zero-order chi connectivity index (χ0) is 26.2. The van der Waals surface area contributed by atoms with E-state index in [4.69, 9.17) is 23.2 Å². The first kappa shape index (κ1) is 29.1. The van der Waals surface area contributed by atoms with Crippen molar-refractivity contribution in [1.82, 2.24) is 40.0 Å². The van der Waals surface area contributed by atoms with Gasteiger partial charge in [-0.2, -0.15) is 0 Å². The summed E-state index contributed by atoms with van der Waals surface area (Å²) in [4.78, 5) is 23.5. The lowest BCUT2D eigenvalue weighted by Gasteiger charge is -2.40. The monoisotopic (exact) mass is 612 g/mol. The fourth-order valence-electron chi connectivity index (χ4n) is 6.20. The van der Waals surface area contributed by atoms with Crippen LogP contribution in [0.25, 0.3) is 0 Å². The molecule has 4 unspecified atom stereocenters. The van der Waals surface area contributed by atoms with Crippen LogP contribution in [-0.4, -0.2) is 98.1 Å². The van der Waals surface area contributed by atoms with E-state index in [0.29, 0.717) is 10.6 Å². The molecule has 6 heterocycles. The van der Waals surface area contributed by atoms with Gasteiger partial charge >= 0.3 is 0 Å². The number of likely N-dealkylation sites (N-methyl/N-ethyl adjacent to an activating group) is 2. The average molecular weight is 614 g/mol. The number of rotatable bonds is 5. The molecular weight excluding hydrogens is 575 g/mol. The van der Waals surface area contributed by atoms with E-state index in [0.717, 1.165) is 47.2 Å². The summed E-state index contributed by atoms with van der Waals surface area (Å²) in [6.07, 6.45) is 12.6. The summed E-state index contributed by atoms with van der Waals surface area (Å²) in [5.74, 6) is 0. The maximum atomic E-state index is 5.71. The van der Waals surface area contributed by atoms with Crippen molar-refractivity contribution in [2.24, 2.45) is 0 Å². The maximum Gasteiger partial charge on any atom is 0.222 e. The molecule has 2 aromatic heterocycles. The van der Waals surface area contributed by atoms with E-state index in [-0.39, 0.29) is 0 Å². The van der Waals surface area contributed by atoms with Crippen LogP contribution in [0, 0.1) is 0 Å². The normalized spacial score (nSPS) is 27.3. The predicted molar refractivity (Wildman–Crippen MR) is 153 cm³/mol. The molecule has 37 heavy (non-hydrogen) atoms. The number of likely N-dealkylation sites (tertiary alicyclic amines) is 1. The van der Waals surface area contributed by atoms with Crippen LogP contribution < -0.4 is 5.32 Å². The van der Waals surface area contributed by atoms with E-state index in [1.807, 2.05) is 12.4 Å². The second-order valence-electron chi connectivity index (χ2n) is 10.1. The van der Waals surface area contributed by atoms with E-state index in [9.17, 15) is 0 Å². The van der Waals surface area contributed by atoms with Crippen molar-refractivity contribution < 1.29 is 0 Å². The summed E-state index contributed by atoms with van der Waals surface area (Å²) in [5.41, 5.74) is 2.18. The molecule has 4 saturated heterocycles. The summed E-state index contributed by atoms with van der Waals surface area (Å²) in [5, 5.41) is 4.86. The van der Waals surface area contributed by atoms with Gasteiger partial charge in [0.2, 0.25) is 10.6 Å². The van der Waals surface area contributed by atoms with Crippen molar-refractivity contribution in [3.8, 4) is 0 Å². The number of nitrogens with zero attached hydrogens (tertiary/aromatic N) is 7. The number of hydrogen-bond acceptors (Lipinski definition) is 8. The summed E-state index contributed by atoms with van der Waals surface area (Å²) >= 11 is 14.4. The highest BCUT2D eigenvalue weighted by Gasteiger charge is 2.38. The molecule has 8 nitrogen and oxygen atoms in total. The van der Waals surface area contributed by atoms with Crippen LogP contribution in [0.2, 0.25) is 10.6 Å². The third kappa shape index (κ3) is 8.03. The lowest BCUT2D eigenvalue weighted by molar-refractivity contribution is 0.0669. The minimum absolute atomic E-state index is 0.291. The lowest BCUT2D eigenvalue weighted by Crippen LogP contribution is -2.53. The number of nitrogens with one attached hydrogen (secondary N) is 1. The maximum absolute atomic E-state index is 5.71. The summed E-state index contributed by atoms with van der Waals surface area (Å²) in [6.45, 7) is 12.7. The molecule has 204 valence electrons. The van der Waals surface area contributed by atoms with Gasteiger partial charge in [0.05, 0.1) is 0 Å². The van der Waals surface area contributed by atoms with E-state index < -0.39 is 0 Å². The second-order valence-corrected chi connectivity index (χ2v) is 11.4. The fourth-order valence-corrected chi connectivity index (χ4v) is 6.68. The van der Waals surface area contributed by atoms with Gasteiger partial charge in [-0.25, -0.2) is 19.9 Å². The van der Waals surface area contributed by atoms with Gasteiger partial charge in [0.15, 0.2) is 0 Å². The smallest absolute Gasteiger partial charge is 0.222 e. The summed E-state index contributed by atoms with van der Waals surface area (Å²) in [7, 11) is 0. The van der Waals surface area contributed by atoms with Crippen molar-refractivity contribution in [2.75, 3.05) is 39.3 Å². The van der Waals surface area contributed by atoms with Crippen molar-refractivity contribution in [1.29, 1.82) is 0 Å². The molecule has 4 bridgehead atoms. The van der Waals surface area contributed by atoms with Gasteiger partial charge < -0.3 is 5.32 Å². The molecule has 4 aliphatic heterocycles. The van der Waals surface area contributed by atoms with Gasteiger partial charge in [-0.05, 0) is 67.5 Å². The lowest BCUT2D eigenvalue weighted by atomic mass is 10.1. The Labute approximate surface area is 239 Å². The highest BCUT2D eigenvalue weighted by molar-refractivity contribution is 9.08. The van der Waals surface area contributed by atoms with E-state index >= 15 is 0 Å². The number of aromatic nitrogens is 4. The SMILES string of the molecule is CCN1C2CCC1CN(Cc1cnc(Cl)nc1)C2.CCN1C2CCC1CNC2.Clc1ncc(CBr)cn1. The van der Waals surface area contributed by atoms with Crippen LogP contribution in [0.4, 0.5) is 0 Å². The number of hydrogen-bond donors (Lipinski definition) is 1. The Balaban J connectivity index is 0.000000143. The van der Waals surface area contributed by atoms with Crippen LogP contribution in [0.1, 0.15) is 50.7 Å². The first-order chi connectivity index (χ1) is 18.0. The topological polar surface area (TPSA) is 73.3 Å². The molecule has 0 aromatic carbocycles. The zero-order valence-electron chi connectivity index (χ0n) is 21.9. The first-order valence-corrected chi connectivity index (χ1v) is 15.3. The first-order valence-electron chi connectivity index (χ1n) is 13.4. The number of halogens is 3. The van der Waals surface area contributed by atoms with Crippen molar-refractivity contribution in [2.45, 2.75) is 75.6 Å². The third-order valence-electron chi connectivity index (χ3n) is 7.88. The molecule has 0 radical (unpaired) electrons. The highest BCUT2D eigenvalue weighted by Crippen LogP contribution is 2.30. The van der Waals surface area contributed by atoms with E-state index in [1.54, 1.807) is 12.4 Å². The molecule has 4 atom stereocenters. The molecule has 0 saturated carbocycles. The molecule has 2 aromatic rings. The van der Waals surface area contributed by atoms with Crippen molar-refractivity contribution >= 4 is 39.1 Å². The molecule has 4 aliphatic rings. The molecule has 0 spiro atoms.